The molecule has 1 aliphatic carbocycles. The summed E-state index contributed by atoms with van der Waals surface area (Å²) >= 11 is 5.94. The van der Waals surface area contributed by atoms with Crippen LogP contribution in [-0.2, 0) is 11.3 Å². The molecule has 1 N–H and O–H groups in total. The maximum Gasteiger partial charge on any atom is 0.240 e. The van der Waals surface area contributed by atoms with E-state index in [9.17, 15) is 9.59 Å². The summed E-state index contributed by atoms with van der Waals surface area (Å²) in [5.74, 6) is -0.105. The minimum Gasteiger partial charge on any atom is -0.354 e. The summed E-state index contributed by atoms with van der Waals surface area (Å²) in [6.07, 6.45) is 7.93. The third kappa shape index (κ3) is 4.62. The van der Waals surface area contributed by atoms with Crippen molar-refractivity contribution in [1.82, 2.24) is 14.9 Å². The number of imidazole rings is 1. The molecule has 0 radical (unpaired) electrons. The predicted molar refractivity (Wildman–Crippen MR) is 119 cm³/mol. The van der Waals surface area contributed by atoms with Crippen LogP contribution in [0.25, 0.3) is 11.0 Å². The highest BCUT2D eigenvalue weighted by Gasteiger charge is 2.20. The smallest absolute Gasteiger partial charge is 0.240 e. The van der Waals surface area contributed by atoms with Gasteiger partial charge in [-0.05, 0) is 68.5 Å². The highest BCUT2D eigenvalue weighted by molar-refractivity contribution is 6.30. The number of nitrogens with zero attached hydrogens (tertiary/aromatic N) is 2. The number of fused-ring (bicyclic) bond motifs is 1. The minimum atomic E-state index is -0.233. The van der Waals surface area contributed by atoms with Crippen molar-refractivity contribution < 1.29 is 9.59 Å². The third-order valence-corrected chi connectivity index (χ3v) is 5.67. The van der Waals surface area contributed by atoms with Crippen molar-refractivity contribution in [2.24, 2.45) is 0 Å². The minimum absolute atomic E-state index is 0.0498. The fourth-order valence-corrected chi connectivity index (χ4v) is 3.96. The number of allylic oxidation sites excluding steroid dienone is 1. The summed E-state index contributed by atoms with van der Waals surface area (Å²) in [4.78, 5) is 30.2. The van der Waals surface area contributed by atoms with Crippen molar-refractivity contribution in [1.29, 1.82) is 0 Å². The van der Waals surface area contributed by atoms with E-state index in [0.717, 1.165) is 24.8 Å². The van der Waals surface area contributed by atoms with Crippen LogP contribution in [0, 0.1) is 0 Å². The molecule has 3 aromatic rings. The van der Waals surface area contributed by atoms with Crippen LogP contribution in [-0.4, -0.2) is 27.8 Å². The molecule has 0 aliphatic heterocycles. The Morgan fingerprint density at radius 1 is 1.07 bits per heavy atom. The Balaban J connectivity index is 1.52. The van der Waals surface area contributed by atoms with Gasteiger partial charge in [0.2, 0.25) is 11.7 Å². The highest BCUT2D eigenvalue weighted by atomic mass is 35.5. The van der Waals surface area contributed by atoms with Crippen LogP contribution in [0.3, 0.4) is 0 Å². The SMILES string of the molecule is O=C(Cn1c(C(=O)c2ccc(Cl)cc2)nc2ccccc21)NCCC1=CCCCC1. The summed E-state index contributed by atoms with van der Waals surface area (Å²) in [5, 5.41) is 3.55. The van der Waals surface area contributed by atoms with Crippen molar-refractivity contribution in [2.45, 2.75) is 38.6 Å². The first-order valence-corrected chi connectivity index (χ1v) is 10.7. The Kier molecular flexibility index (Phi) is 6.29. The van der Waals surface area contributed by atoms with Gasteiger partial charge in [-0.2, -0.15) is 0 Å². The number of benzene rings is 2. The molecule has 0 unspecified atom stereocenters. The van der Waals surface area contributed by atoms with E-state index in [2.05, 4.69) is 16.4 Å². The molecule has 0 bridgehead atoms. The van der Waals surface area contributed by atoms with E-state index in [4.69, 9.17) is 11.6 Å². The molecule has 1 amide bonds. The molecule has 0 saturated heterocycles. The molecule has 0 spiro atoms. The van der Waals surface area contributed by atoms with Crippen molar-refractivity contribution >= 4 is 34.3 Å². The Hall–Kier alpha value is -2.92. The Bertz CT molecular complexity index is 1100. The van der Waals surface area contributed by atoms with Gasteiger partial charge in [-0.1, -0.05) is 35.4 Å². The van der Waals surface area contributed by atoms with Crippen LogP contribution < -0.4 is 5.32 Å². The molecular formula is C24H24ClN3O2. The Morgan fingerprint density at radius 3 is 2.63 bits per heavy atom. The van der Waals surface area contributed by atoms with Crippen LogP contribution in [0.2, 0.25) is 5.02 Å². The number of rotatable bonds is 7. The van der Waals surface area contributed by atoms with Gasteiger partial charge in [0.05, 0.1) is 11.0 Å². The van der Waals surface area contributed by atoms with Gasteiger partial charge >= 0.3 is 0 Å². The van der Waals surface area contributed by atoms with Gasteiger partial charge in [-0.15, -0.1) is 0 Å². The largest absolute Gasteiger partial charge is 0.354 e. The quantitative estimate of drug-likeness (QED) is 0.434. The number of carbonyl (C=O) groups excluding carboxylic acids is 2. The fraction of sp³-hybridized carbons (Fsp3) is 0.292. The van der Waals surface area contributed by atoms with Gasteiger partial charge in [0.25, 0.3) is 0 Å². The summed E-state index contributed by atoms with van der Waals surface area (Å²) in [6.45, 7) is 0.659. The number of hydrogen-bond donors (Lipinski definition) is 1. The molecule has 1 heterocycles. The lowest BCUT2D eigenvalue weighted by atomic mass is 9.97. The average molecular weight is 422 g/mol. The lowest BCUT2D eigenvalue weighted by molar-refractivity contribution is -0.121. The summed E-state index contributed by atoms with van der Waals surface area (Å²) in [6, 6.07) is 14.2. The Labute approximate surface area is 180 Å². The second-order valence-corrected chi connectivity index (χ2v) is 7.99. The second-order valence-electron chi connectivity index (χ2n) is 7.55. The zero-order chi connectivity index (χ0) is 20.9. The van der Waals surface area contributed by atoms with Crippen molar-refractivity contribution in [2.75, 3.05) is 6.54 Å². The highest BCUT2D eigenvalue weighted by Crippen LogP contribution is 2.21. The van der Waals surface area contributed by atoms with E-state index in [1.807, 2.05) is 24.3 Å². The van der Waals surface area contributed by atoms with E-state index in [-0.39, 0.29) is 24.1 Å². The monoisotopic (exact) mass is 421 g/mol. The standard InChI is InChI=1S/C24H24ClN3O2/c25-19-12-10-18(11-13-19)23(30)24-27-20-8-4-5-9-21(20)28(24)16-22(29)26-15-14-17-6-2-1-3-7-17/h4-6,8-13H,1-3,7,14-16H2,(H,26,29). The van der Waals surface area contributed by atoms with E-state index >= 15 is 0 Å². The van der Waals surface area contributed by atoms with Gasteiger partial charge < -0.3 is 9.88 Å². The van der Waals surface area contributed by atoms with Crippen molar-refractivity contribution in [3.05, 3.63) is 76.6 Å². The molecule has 5 nitrogen and oxygen atoms in total. The molecule has 0 atom stereocenters. The fourth-order valence-electron chi connectivity index (χ4n) is 3.83. The van der Waals surface area contributed by atoms with Gasteiger partial charge in [0.1, 0.15) is 6.54 Å². The summed E-state index contributed by atoms with van der Waals surface area (Å²) in [5.41, 5.74) is 3.36. The van der Waals surface area contributed by atoms with E-state index in [0.29, 0.717) is 22.6 Å². The van der Waals surface area contributed by atoms with Gasteiger partial charge in [-0.3, -0.25) is 9.59 Å². The van der Waals surface area contributed by atoms with Gasteiger partial charge in [-0.25, -0.2) is 4.98 Å². The maximum atomic E-state index is 13.1. The van der Waals surface area contributed by atoms with E-state index < -0.39 is 0 Å². The van der Waals surface area contributed by atoms with Crippen LogP contribution in [0.5, 0.6) is 0 Å². The third-order valence-electron chi connectivity index (χ3n) is 5.42. The molecule has 154 valence electrons. The lowest BCUT2D eigenvalue weighted by Crippen LogP contribution is -2.30. The van der Waals surface area contributed by atoms with E-state index in [1.165, 1.54) is 18.4 Å². The first kappa shape index (κ1) is 20.4. The van der Waals surface area contributed by atoms with Crippen LogP contribution in [0.1, 0.15) is 48.3 Å². The zero-order valence-electron chi connectivity index (χ0n) is 16.7. The summed E-state index contributed by atoms with van der Waals surface area (Å²) < 4.78 is 1.70. The number of nitrogens with one attached hydrogen (secondary N) is 1. The number of hydrogen-bond acceptors (Lipinski definition) is 3. The predicted octanol–water partition coefficient (Wildman–Crippen LogP) is 4.93. The number of carbonyl (C=O) groups is 2. The second kappa shape index (κ2) is 9.26. The molecule has 2 aromatic carbocycles. The van der Waals surface area contributed by atoms with E-state index in [1.54, 1.807) is 28.8 Å². The average Bonchev–Trinajstić information content (AvgIpc) is 3.13. The molecule has 6 heteroatoms. The lowest BCUT2D eigenvalue weighted by Gasteiger charge is -2.13. The zero-order valence-corrected chi connectivity index (χ0v) is 17.5. The van der Waals surface area contributed by atoms with Gasteiger partial charge in [0, 0.05) is 17.1 Å². The number of halogens is 1. The topological polar surface area (TPSA) is 64.0 Å². The van der Waals surface area contributed by atoms with Crippen molar-refractivity contribution in [3.63, 3.8) is 0 Å². The normalized spacial score (nSPS) is 13.8. The molecule has 4 rings (SSSR count). The molecular weight excluding hydrogens is 398 g/mol. The molecule has 0 fully saturated rings. The molecule has 1 aromatic heterocycles. The molecule has 0 saturated carbocycles. The number of ketones is 1. The molecule has 30 heavy (non-hydrogen) atoms. The first-order chi connectivity index (χ1) is 14.6. The van der Waals surface area contributed by atoms with Crippen LogP contribution >= 0.6 is 11.6 Å². The van der Waals surface area contributed by atoms with Gasteiger partial charge in [0.15, 0.2) is 5.82 Å². The number of amides is 1. The van der Waals surface area contributed by atoms with Crippen LogP contribution in [0.15, 0.2) is 60.2 Å². The molecule has 1 aliphatic rings. The Morgan fingerprint density at radius 2 is 1.87 bits per heavy atom. The first-order valence-electron chi connectivity index (χ1n) is 10.3. The summed E-state index contributed by atoms with van der Waals surface area (Å²) in [7, 11) is 0. The number of aromatic nitrogens is 2. The number of para-hydroxylation sites is 2. The maximum absolute atomic E-state index is 13.1. The van der Waals surface area contributed by atoms with Crippen molar-refractivity contribution in [3.8, 4) is 0 Å². The van der Waals surface area contributed by atoms with Crippen LogP contribution in [0.4, 0.5) is 0 Å².